The smallest absolute Gasteiger partial charge is 0.235 e. The van der Waals surface area contributed by atoms with Gasteiger partial charge in [-0.25, -0.2) is 0 Å². The molecule has 0 fully saturated rings. The minimum Gasteiger partial charge on any atom is -0.409 e. The summed E-state index contributed by atoms with van der Waals surface area (Å²) in [5, 5.41) is 14.4. The van der Waals surface area contributed by atoms with Gasteiger partial charge >= 0.3 is 0 Å². The van der Waals surface area contributed by atoms with Crippen molar-refractivity contribution in [1.82, 2.24) is 0 Å². The number of oxime groups is 1. The molecule has 0 aliphatic carbocycles. The molecule has 0 aromatic heterocycles. The number of halogens is 1. The second-order valence-electron chi connectivity index (χ2n) is 3.84. The maximum absolute atomic E-state index is 12.1. The van der Waals surface area contributed by atoms with Crippen LogP contribution in [0.4, 0.5) is 5.69 Å². The van der Waals surface area contributed by atoms with Crippen LogP contribution < -0.4 is 11.1 Å². The third-order valence-corrected chi connectivity index (χ3v) is 3.44. The van der Waals surface area contributed by atoms with Crippen LogP contribution in [-0.2, 0) is 4.79 Å². The molecule has 98 valence electrons. The van der Waals surface area contributed by atoms with Crippen molar-refractivity contribution in [3.05, 3.63) is 27.8 Å². The molecule has 6 heteroatoms. The van der Waals surface area contributed by atoms with E-state index in [4.69, 9.17) is 10.9 Å². The number of carbonyl (C=O) groups excluding carboxylic acids is 1. The highest BCUT2D eigenvalue weighted by Crippen LogP contribution is 2.19. The normalized spacial score (nSPS) is 13.1. The minimum atomic E-state index is -0.601. The van der Waals surface area contributed by atoms with Gasteiger partial charge in [0.2, 0.25) is 5.91 Å². The third-order valence-electron chi connectivity index (χ3n) is 2.50. The van der Waals surface area contributed by atoms with Crippen LogP contribution >= 0.6 is 22.6 Å². The first-order valence-electron chi connectivity index (χ1n) is 5.63. The van der Waals surface area contributed by atoms with E-state index in [2.05, 4.69) is 33.1 Å². The Labute approximate surface area is 120 Å². The van der Waals surface area contributed by atoms with E-state index in [1.165, 1.54) is 0 Å². The molecule has 0 spiro atoms. The molecule has 0 saturated heterocycles. The number of para-hydroxylation sites is 1. The first-order chi connectivity index (χ1) is 8.60. The predicted molar refractivity (Wildman–Crippen MR) is 79.6 cm³/mol. The van der Waals surface area contributed by atoms with Crippen molar-refractivity contribution < 1.29 is 10.0 Å². The molecule has 18 heavy (non-hydrogen) atoms. The lowest BCUT2D eigenvalue weighted by Gasteiger charge is -2.15. The number of anilines is 1. The van der Waals surface area contributed by atoms with Crippen LogP contribution in [0.25, 0.3) is 0 Å². The van der Waals surface area contributed by atoms with Crippen LogP contribution in [0.3, 0.4) is 0 Å². The van der Waals surface area contributed by atoms with E-state index in [-0.39, 0.29) is 11.7 Å². The molecule has 0 aliphatic heterocycles. The Balaban J connectivity index is 2.82. The average Bonchev–Trinajstić information content (AvgIpc) is 2.37. The number of hydrogen-bond acceptors (Lipinski definition) is 3. The molecule has 1 amide bonds. The van der Waals surface area contributed by atoms with Gasteiger partial charge in [-0.1, -0.05) is 30.6 Å². The molecule has 5 nitrogen and oxygen atoms in total. The summed E-state index contributed by atoms with van der Waals surface area (Å²) in [7, 11) is 0. The van der Waals surface area contributed by atoms with Gasteiger partial charge in [0.25, 0.3) is 0 Å². The molecular weight excluding hydrogens is 345 g/mol. The Hall–Kier alpha value is -1.31. The standard InChI is InChI=1S/C12H16IN3O2/c1-2-5-8(11(14)16-18)12(17)15-10-7-4-3-6-9(10)13/h3-4,6-8,18H,2,5H2,1H3,(H2,14,16)(H,15,17). The lowest BCUT2D eigenvalue weighted by molar-refractivity contribution is -0.118. The Bertz CT molecular complexity index is 449. The van der Waals surface area contributed by atoms with Gasteiger partial charge in [-0.3, -0.25) is 4.79 Å². The van der Waals surface area contributed by atoms with Crippen LogP contribution in [-0.4, -0.2) is 17.0 Å². The van der Waals surface area contributed by atoms with Crippen molar-refractivity contribution in [2.24, 2.45) is 16.8 Å². The molecule has 1 aromatic rings. The molecular formula is C12H16IN3O2. The lowest BCUT2D eigenvalue weighted by Crippen LogP contribution is -2.34. The molecule has 0 saturated carbocycles. The first-order valence-corrected chi connectivity index (χ1v) is 6.70. The minimum absolute atomic E-state index is 0.0553. The lowest BCUT2D eigenvalue weighted by atomic mass is 10.0. The van der Waals surface area contributed by atoms with Gasteiger partial charge in [0.05, 0.1) is 11.6 Å². The van der Waals surface area contributed by atoms with Gasteiger partial charge in [0.15, 0.2) is 5.84 Å². The van der Waals surface area contributed by atoms with Gasteiger partial charge < -0.3 is 16.3 Å². The van der Waals surface area contributed by atoms with Crippen molar-refractivity contribution in [3.63, 3.8) is 0 Å². The number of rotatable bonds is 5. The van der Waals surface area contributed by atoms with Crippen LogP contribution in [0, 0.1) is 9.49 Å². The quantitative estimate of drug-likeness (QED) is 0.247. The maximum Gasteiger partial charge on any atom is 0.235 e. The molecule has 4 N–H and O–H groups in total. The van der Waals surface area contributed by atoms with Gasteiger partial charge in [-0.15, -0.1) is 0 Å². The van der Waals surface area contributed by atoms with Crippen molar-refractivity contribution in [1.29, 1.82) is 0 Å². The van der Waals surface area contributed by atoms with E-state index >= 15 is 0 Å². The molecule has 0 heterocycles. The summed E-state index contributed by atoms with van der Waals surface area (Å²) < 4.78 is 0.943. The summed E-state index contributed by atoms with van der Waals surface area (Å²) in [5.74, 6) is -0.910. The summed E-state index contributed by atoms with van der Waals surface area (Å²) in [6, 6.07) is 7.45. The van der Waals surface area contributed by atoms with Crippen molar-refractivity contribution in [2.75, 3.05) is 5.32 Å². The number of benzene rings is 1. The molecule has 0 bridgehead atoms. The Morgan fingerprint density at radius 2 is 2.22 bits per heavy atom. The Kier molecular flexibility index (Phi) is 5.90. The molecule has 1 atom stereocenters. The summed E-state index contributed by atoms with van der Waals surface area (Å²) in [6.07, 6.45) is 1.32. The number of carbonyl (C=O) groups is 1. The number of hydrogen-bond donors (Lipinski definition) is 3. The van der Waals surface area contributed by atoms with Gasteiger partial charge in [0, 0.05) is 3.57 Å². The highest BCUT2D eigenvalue weighted by molar-refractivity contribution is 14.1. The van der Waals surface area contributed by atoms with E-state index in [1.54, 1.807) is 0 Å². The zero-order chi connectivity index (χ0) is 13.5. The summed E-state index contributed by atoms with van der Waals surface area (Å²) in [4.78, 5) is 12.1. The second kappa shape index (κ2) is 7.20. The van der Waals surface area contributed by atoms with Crippen LogP contribution in [0.2, 0.25) is 0 Å². The SMILES string of the molecule is CCCC(C(=O)Nc1ccccc1I)/C(N)=N/O. The monoisotopic (exact) mass is 361 g/mol. The fourth-order valence-electron chi connectivity index (χ4n) is 1.55. The van der Waals surface area contributed by atoms with Gasteiger partial charge in [-0.2, -0.15) is 0 Å². The fraction of sp³-hybridized carbons (Fsp3) is 0.333. The third kappa shape index (κ3) is 3.86. The molecule has 1 aromatic carbocycles. The zero-order valence-corrected chi connectivity index (χ0v) is 12.2. The highest BCUT2D eigenvalue weighted by Gasteiger charge is 2.22. The maximum atomic E-state index is 12.1. The van der Waals surface area contributed by atoms with E-state index in [1.807, 2.05) is 31.2 Å². The zero-order valence-electron chi connectivity index (χ0n) is 10.1. The summed E-state index contributed by atoms with van der Waals surface area (Å²) >= 11 is 2.14. The molecule has 1 unspecified atom stereocenters. The van der Waals surface area contributed by atoms with Crippen molar-refractivity contribution >= 4 is 40.0 Å². The fourth-order valence-corrected chi connectivity index (χ4v) is 2.08. The van der Waals surface area contributed by atoms with Crippen molar-refractivity contribution in [3.8, 4) is 0 Å². The first kappa shape index (κ1) is 14.7. The van der Waals surface area contributed by atoms with E-state index in [0.29, 0.717) is 6.42 Å². The number of nitrogens with one attached hydrogen (secondary N) is 1. The largest absolute Gasteiger partial charge is 0.409 e. The number of amides is 1. The molecule has 0 aliphatic rings. The van der Waals surface area contributed by atoms with E-state index in [0.717, 1.165) is 15.7 Å². The number of nitrogens with zero attached hydrogens (tertiary/aromatic N) is 1. The van der Waals surface area contributed by atoms with Crippen LogP contribution in [0.1, 0.15) is 19.8 Å². The molecule has 0 radical (unpaired) electrons. The average molecular weight is 361 g/mol. The van der Waals surface area contributed by atoms with Crippen LogP contribution in [0.5, 0.6) is 0 Å². The summed E-state index contributed by atoms with van der Waals surface area (Å²) in [5.41, 5.74) is 6.26. The highest BCUT2D eigenvalue weighted by atomic mass is 127. The van der Waals surface area contributed by atoms with Crippen LogP contribution in [0.15, 0.2) is 29.4 Å². The second-order valence-corrected chi connectivity index (χ2v) is 5.00. The Morgan fingerprint density at radius 1 is 1.56 bits per heavy atom. The predicted octanol–water partition coefficient (Wildman–Crippen LogP) is 2.39. The number of nitrogens with two attached hydrogens (primary N) is 1. The Morgan fingerprint density at radius 3 is 2.78 bits per heavy atom. The van der Waals surface area contributed by atoms with E-state index in [9.17, 15) is 4.79 Å². The topological polar surface area (TPSA) is 87.7 Å². The van der Waals surface area contributed by atoms with E-state index < -0.39 is 5.92 Å². The summed E-state index contributed by atoms with van der Waals surface area (Å²) in [6.45, 7) is 1.94. The van der Waals surface area contributed by atoms with Crippen molar-refractivity contribution in [2.45, 2.75) is 19.8 Å². The van der Waals surface area contributed by atoms with Gasteiger partial charge in [-0.05, 0) is 41.1 Å². The molecule has 1 rings (SSSR count). The number of amidine groups is 1. The van der Waals surface area contributed by atoms with Gasteiger partial charge in [0.1, 0.15) is 0 Å².